The number of esters is 1. The third kappa shape index (κ3) is 3.90. The molecule has 1 N–H and O–H groups in total. The minimum atomic E-state index is -0.378. The lowest BCUT2D eigenvalue weighted by atomic mass is 9.88. The quantitative estimate of drug-likeness (QED) is 0.809. The van der Waals surface area contributed by atoms with Crippen LogP contribution in [-0.2, 0) is 28.8 Å². The van der Waals surface area contributed by atoms with Crippen molar-refractivity contribution in [2.24, 2.45) is 5.92 Å². The molecule has 0 fully saturated rings. The largest absolute Gasteiger partial charge is 0.497 e. The average Bonchev–Trinajstić information content (AvgIpc) is 2.98. The zero-order valence-corrected chi connectivity index (χ0v) is 16.1. The van der Waals surface area contributed by atoms with Gasteiger partial charge in [0.05, 0.1) is 26.2 Å². The number of hydrogen-bond donors (Lipinski definition) is 1. The molecule has 2 aromatic rings. The SMILES string of the molecule is COC(=O)c1c(NC(=O)Cc2ccc(OC)cc2)sc2c1CCC(C)C2. The van der Waals surface area contributed by atoms with E-state index in [0.717, 1.165) is 36.1 Å². The van der Waals surface area contributed by atoms with E-state index in [4.69, 9.17) is 9.47 Å². The standard InChI is InChI=1S/C20H23NO4S/c1-12-4-9-15-16(10-12)26-19(18(15)20(23)25-3)21-17(22)11-13-5-7-14(24-2)8-6-13/h5-8,12H,4,9-11H2,1-3H3,(H,21,22). The summed E-state index contributed by atoms with van der Waals surface area (Å²) in [7, 11) is 2.98. The van der Waals surface area contributed by atoms with Crippen LogP contribution in [0.2, 0.25) is 0 Å². The molecule has 1 atom stereocenters. The van der Waals surface area contributed by atoms with E-state index in [2.05, 4.69) is 12.2 Å². The highest BCUT2D eigenvalue weighted by Gasteiger charge is 2.28. The van der Waals surface area contributed by atoms with Crippen LogP contribution in [-0.4, -0.2) is 26.1 Å². The van der Waals surface area contributed by atoms with Crippen molar-refractivity contribution >= 4 is 28.2 Å². The number of carbonyl (C=O) groups is 2. The van der Waals surface area contributed by atoms with Gasteiger partial charge < -0.3 is 14.8 Å². The third-order valence-electron chi connectivity index (χ3n) is 4.68. The summed E-state index contributed by atoms with van der Waals surface area (Å²) in [5.74, 6) is 0.820. The zero-order chi connectivity index (χ0) is 18.7. The maximum atomic E-state index is 12.5. The van der Waals surface area contributed by atoms with E-state index < -0.39 is 0 Å². The first-order chi connectivity index (χ1) is 12.5. The van der Waals surface area contributed by atoms with Crippen molar-refractivity contribution in [3.63, 3.8) is 0 Å². The molecular weight excluding hydrogens is 350 g/mol. The van der Waals surface area contributed by atoms with E-state index in [1.165, 1.54) is 23.3 Å². The monoisotopic (exact) mass is 373 g/mol. The van der Waals surface area contributed by atoms with Gasteiger partial charge in [-0.25, -0.2) is 4.79 Å². The molecule has 0 bridgehead atoms. The number of hydrogen-bond acceptors (Lipinski definition) is 5. The van der Waals surface area contributed by atoms with Crippen molar-refractivity contribution in [1.29, 1.82) is 0 Å². The van der Waals surface area contributed by atoms with Crippen molar-refractivity contribution in [2.45, 2.75) is 32.6 Å². The molecule has 0 aliphatic heterocycles. The number of ether oxygens (including phenoxy) is 2. The van der Waals surface area contributed by atoms with Gasteiger partial charge in [0.15, 0.2) is 0 Å². The number of rotatable bonds is 5. The second-order valence-electron chi connectivity index (χ2n) is 6.62. The van der Waals surface area contributed by atoms with Gasteiger partial charge in [-0.1, -0.05) is 19.1 Å². The lowest BCUT2D eigenvalue weighted by Gasteiger charge is -2.18. The van der Waals surface area contributed by atoms with E-state index >= 15 is 0 Å². The van der Waals surface area contributed by atoms with Crippen molar-refractivity contribution in [3.8, 4) is 5.75 Å². The molecule has 0 spiro atoms. The van der Waals surface area contributed by atoms with Gasteiger partial charge >= 0.3 is 5.97 Å². The molecule has 6 heteroatoms. The first-order valence-corrected chi connectivity index (χ1v) is 9.49. The summed E-state index contributed by atoms with van der Waals surface area (Å²) in [6, 6.07) is 7.38. The first-order valence-electron chi connectivity index (χ1n) is 8.67. The highest BCUT2D eigenvalue weighted by atomic mass is 32.1. The number of thiophene rings is 1. The van der Waals surface area contributed by atoms with Gasteiger partial charge in [0.2, 0.25) is 5.91 Å². The van der Waals surface area contributed by atoms with Crippen LogP contribution in [0.3, 0.4) is 0 Å². The minimum Gasteiger partial charge on any atom is -0.497 e. The van der Waals surface area contributed by atoms with Crippen LogP contribution < -0.4 is 10.1 Å². The lowest BCUT2D eigenvalue weighted by Crippen LogP contribution is -2.17. The molecule has 0 radical (unpaired) electrons. The smallest absolute Gasteiger partial charge is 0.341 e. The predicted molar refractivity (Wildman–Crippen MR) is 102 cm³/mol. The molecule has 1 heterocycles. The van der Waals surface area contributed by atoms with Crippen LogP contribution >= 0.6 is 11.3 Å². The number of fused-ring (bicyclic) bond motifs is 1. The number of amides is 1. The molecule has 5 nitrogen and oxygen atoms in total. The molecule has 1 amide bonds. The van der Waals surface area contributed by atoms with Gasteiger partial charge in [0.25, 0.3) is 0 Å². The van der Waals surface area contributed by atoms with Crippen LogP contribution in [0.25, 0.3) is 0 Å². The summed E-state index contributed by atoms with van der Waals surface area (Å²) in [6.45, 7) is 2.21. The lowest BCUT2D eigenvalue weighted by molar-refractivity contribution is -0.115. The van der Waals surface area contributed by atoms with Crippen LogP contribution in [0, 0.1) is 5.92 Å². The fourth-order valence-corrected chi connectivity index (χ4v) is 4.67. The van der Waals surface area contributed by atoms with Crippen LogP contribution in [0.1, 0.15) is 39.7 Å². The molecule has 0 saturated carbocycles. The van der Waals surface area contributed by atoms with E-state index in [0.29, 0.717) is 16.5 Å². The summed E-state index contributed by atoms with van der Waals surface area (Å²) >= 11 is 1.50. The minimum absolute atomic E-state index is 0.146. The van der Waals surface area contributed by atoms with Gasteiger partial charge in [-0.2, -0.15) is 0 Å². The molecule has 1 aliphatic carbocycles. The van der Waals surface area contributed by atoms with Gasteiger partial charge in [-0.15, -0.1) is 11.3 Å². The topological polar surface area (TPSA) is 64.6 Å². The van der Waals surface area contributed by atoms with E-state index in [1.54, 1.807) is 7.11 Å². The fourth-order valence-electron chi connectivity index (χ4n) is 3.26. The molecule has 1 unspecified atom stereocenters. The van der Waals surface area contributed by atoms with Crippen molar-refractivity contribution in [2.75, 3.05) is 19.5 Å². The molecule has 0 saturated heterocycles. The summed E-state index contributed by atoms with van der Waals surface area (Å²) in [5, 5.41) is 3.53. The normalized spacial score (nSPS) is 15.9. The van der Waals surface area contributed by atoms with E-state index in [-0.39, 0.29) is 18.3 Å². The molecule has 138 valence electrons. The van der Waals surface area contributed by atoms with E-state index in [1.807, 2.05) is 24.3 Å². The molecule has 3 rings (SSSR count). The Labute approximate surface area is 157 Å². The second kappa shape index (κ2) is 7.91. The second-order valence-corrected chi connectivity index (χ2v) is 7.73. The Morgan fingerprint density at radius 3 is 2.62 bits per heavy atom. The van der Waals surface area contributed by atoms with Gasteiger partial charge in [0.1, 0.15) is 10.8 Å². The Hall–Kier alpha value is -2.34. The summed E-state index contributed by atoms with van der Waals surface area (Å²) in [4.78, 5) is 26.0. The van der Waals surface area contributed by atoms with Gasteiger partial charge in [0, 0.05) is 4.88 Å². The van der Waals surface area contributed by atoms with Crippen molar-refractivity contribution in [3.05, 3.63) is 45.8 Å². The Balaban J connectivity index is 1.79. The van der Waals surface area contributed by atoms with Crippen LogP contribution in [0.15, 0.2) is 24.3 Å². The Morgan fingerprint density at radius 2 is 1.96 bits per heavy atom. The Bertz CT molecular complexity index is 810. The molecule has 1 aromatic carbocycles. The van der Waals surface area contributed by atoms with E-state index in [9.17, 15) is 9.59 Å². The van der Waals surface area contributed by atoms with Crippen LogP contribution in [0.5, 0.6) is 5.75 Å². The summed E-state index contributed by atoms with van der Waals surface area (Å²) in [5.41, 5.74) is 2.46. The highest BCUT2D eigenvalue weighted by Crippen LogP contribution is 2.40. The average molecular weight is 373 g/mol. The maximum Gasteiger partial charge on any atom is 0.341 e. The highest BCUT2D eigenvalue weighted by molar-refractivity contribution is 7.17. The summed E-state index contributed by atoms with van der Waals surface area (Å²) in [6.07, 6.45) is 3.08. The third-order valence-corrected chi connectivity index (χ3v) is 5.85. The number of methoxy groups -OCH3 is 2. The number of nitrogens with one attached hydrogen (secondary N) is 1. The van der Waals surface area contributed by atoms with Crippen molar-refractivity contribution < 1.29 is 19.1 Å². The summed E-state index contributed by atoms with van der Waals surface area (Å²) < 4.78 is 10.1. The number of anilines is 1. The Kier molecular flexibility index (Phi) is 5.61. The Morgan fingerprint density at radius 1 is 1.23 bits per heavy atom. The molecule has 26 heavy (non-hydrogen) atoms. The van der Waals surface area contributed by atoms with Crippen LogP contribution in [0.4, 0.5) is 5.00 Å². The van der Waals surface area contributed by atoms with Crippen molar-refractivity contribution in [1.82, 2.24) is 0 Å². The van der Waals surface area contributed by atoms with Gasteiger partial charge in [-0.05, 0) is 48.4 Å². The number of carbonyl (C=O) groups excluding carboxylic acids is 2. The molecule has 1 aliphatic rings. The van der Waals surface area contributed by atoms with Gasteiger partial charge in [-0.3, -0.25) is 4.79 Å². The molecule has 1 aromatic heterocycles. The predicted octanol–water partition coefficient (Wildman–Crippen LogP) is 3.85. The fraction of sp³-hybridized carbons (Fsp3) is 0.400. The first kappa shape index (κ1) is 18.5. The maximum absolute atomic E-state index is 12.5. The zero-order valence-electron chi connectivity index (χ0n) is 15.3. The number of benzene rings is 1. The molecular formula is C20H23NO4S.